The Morgan fingerprint density at radius 1 is 1.57 bits per heavy atom. The molecule has 1 aliphatic rings. The highest BCUT2D eigenvalue weighted by Crippen LogP contribution is 2.26. The zero-order valence-electron chi connectivity index (χ0n) is 8.74. The molecule has 1 aromatic rings. The van der Waals surface area contributed by atoms with Gasteiger partial charge in [0, 0.05) is 18.4 Å². The lowest BCUT2D eigenvalue weighted by Gasteiger charge is -2.27. The molecule has 76 valence electrons. The first-order chi connectivity index (χ1) is 6.86. The third-order valence-electron chi connectivity index (χ3n) is 3.12. The van der Waals surface area contributed by atoms with Gasteiger partial charge in [0.1, 0.15) is 0 Å². The Labute approximate surface area is 85.7 Å². The van der Waals surface area contributed by atoms with Crippen molar-refractivity contribution in [2.75, 3.05) is 6.54 Å². The third kappa shape index (κ3) is 2.32. The molecular formula is C12H18N2. The summed E-state index contributed by atoms with van der Waals surface area (Å²) in [7, 11) is 0. The fourth-order valence-corrected chi connectivity index (χ4v) is 1.79. The Morgan fingerprint density at radius 3 is 3.00 bits per heavy atom. The number of nitrogens with one attached hydrogen (secondary N) is 1. The summed E-state index contributed by atoms with van der Waals surface area (Å²) in [5.74, 6) is 0.925. The zero-order chi connectivity index (χ0) is 9.80. The van der Waals surface area contributed by atoms with Crippen LogP contribution < -0.4 is 5.32 Å². The van der Waals surface area contributed by atoms with Gasteiger partial charge < -0.3 is 5.32 Å². The van der Waals surface area contributed by atoms with E-state index in [9.17, 15) is 0 Å². The Morgan fingerprint density at radius 2 is 2.43 bits per heavy atom. The van der Waals surface area contributed by atoms with E-state index in [-0.39, 0.29) is 0 Å². The molecule has 1 fully saturated rings. The van der Waals surface area contributed by atoms with Crippen LogP contribution in [0.15, 0.2) is 24.5 Å². The van der Waals surface area contributed by atoms with Gasteiger partial charge >= 0.3 is 0 Å². The van der Waals surface area contributed by atoms with Gasteiger partial charge in [0.2, 0.25) is 0 Å². The maximum atomic E-state index is 4.13. The van der Waals surface area contributed by atoms with Crippen LogP contribution in [-0.4, -0.2) is 11.5 Å². The summed E-state index contributed by atoms with van der Waals surface area (Å²) in [6, 6.07) is 4.56. The highest BCUT2D eigenvalue weighted by molar-refractivity contribution is 5.12. The van der Waals surface area contributed by atoms with Crippen molar-refractivity contribution in [3.63, 3.8) is 0 Å². The summed E-state index contributed by atoms with van der Waals surface area (Å²) in [5, 5.41) is 3.56. The van der Waals surface area contributed by atoms with Crippen LogP contribution in [0.5, 0.6) is 0 Å². The Balaban J connectivity index is 1.80. The maximum Gasteiger partial charge on any atom is 0.0315 e. The predicted octanol–water partition coefficient (Wildman–Crippen LogP) is 2.53. The molecule has 0 radical (unpaired) electrons. The number of aromatic nitrogens is 1. The maximum absolute atomic E-state index is 4.13. The lowest BCUT2D eigenvalue weighted by atomic mass is 9.85. The van der Waals surface area contributed by atoms with Crippen LogP contribution >= 0.6 is 0 Å². The van der Waals surface area contributed by atoms with Crippen molar-refractivity contribution >= 4 is 0 Å². The van der Waals surface area contributed by atoms with E-state index in [0.717, 1.165) is 12.5 Å². The second-order valence-corrected chi connectivity index (χ2v) is 4.21. The summed E-state index contributed by atoms with van der Waals surface area (Å²) in [6.07, 6.45) is 8.01. The molecule has 0 bridgehead atoms. The van der Waals surface area contributed by atoms with Gasteiger partial charge in [0.05, 0.1) is 0 Å². The van der Waals surface area contributed by atoms with Crippen LogP contribution in [0.1, 0.15) is 37.8 Å². The molecule has 1 atom stereocenters. The first-order valence-corrected chi connectivity index (χ1v) is 5.49. The largest absolute Gasteiger partial charge is 0.310 e. The minimum Gasteiger partial charge on any atom is -0.310 e. The van der Waals surface area contributed by atoms with Crippen molar-refractivity contribution in [2.24, 2.45) is 5.92 Å². The van der Waals surface area contributed by atoms with Crippen molar-refractivity contribution in [3.8, 4) is 0 Å². The van der Waals surface area contributed by atoms with Gasteiger partial charge in [-0.1, -0.05) is 12.5 Å². The highest BCUT2D eigenvalue weighted by Gasteiger charge is 2.17. The molecule has 0 aromatic carbocycles. The average Bonchev–Trinajstić information content (AvgIpc) is 2.16. The van der Waals surface area contributed by atoms with E-state index < -0.39 is 0 Å². The van der Waals surface area contributed by atoms with E-state index in [0.29, 0.717) is 6.04 Å². The second-order valence-electron chi connectivity index (χ2n) is 4.21. The number of nitrogens with zero attached hydrogens (tertiary/aromatic N) is 1. The van der Waals surface area contributed by atoms with E-state index in [1.165, 1.54) is 24.8 Å². The van der Waals surface area contributed by atoms with Crippen molar-refractivity contribution in [1.82, 2.24) is 10.3 Å². The first-order valence-electron chi connectivity index (χ1n) is 5.49. The van der Waals surface area contributed by atoms with Gasteiger partial charge in [-0.3, -0.25) is 4.98 Å². The number of hydrogen-bond donors (Lipinski definition) is 1. The molecule has 0 saturated heterocycles. The molecule has 2 rings (SSSR count). The number of hydrogen-bond acceptors (Lipinski definition) is 2. The van der Waals surface area contributed by atoms with Gasteiger partial charge in [-0.15, -0.1) is 0 Å². The molecule has 1 heterocycles. The molecule has 0 amide bonds. The molecule has 2 heteroatoms. The van der Waals surface area contributed by atoms with Gasteiger partial charge in [-0.25, -0.2) is 0 Å². The molecule has 14 heavy (non-hydrogen) atoms. The average molecular weight is 190 g/mol. The van der Waals surface area contributed by atoms with E-state index in [2.05, 4.69) is 23.3 Å². The fraction of sp³-hybridized carbons (Fsp3) is 0.583. The van der Waals surface area contributed by atoms with Crippen molar-refractivity contribution in [2.45, 2.75) is 32.2 Å². The third-order valence-corrected chi connectivity index (χ3v) is 3.12. The van der Waals surface area contributed by atoms with Crippen LogP contribution in [0, 0.1) is 5.92 Å². The Hall–Kier alpha value is -0.890. The standard InChI is InChI=1S/C12H18N2/c1-10(12-6-3-7-13-9-12)14-8-11-4-2-5-11/h3,6-7,9-11,14H,2,4-5,8H2,1H3/t10-/m1/s1. The zero-order valence-corrected chi connectivity index (χ0v) is 8.74. The first kappa shape index (κ1) is 9.66. The number of pyridine rings is 1. The minimum absolute atomic E-state index is 0.435. The van der Waals surface area contributed by atoms with Gasteiger partial charge in [0.25, 0.3) is 0 Å². The molecule has 2 nitrogen and oxygen atoms in total. The van der Waals surface area contributed by atoms with Crippen LogP contribution in [0.3, 0.4) is 0 Å². The van der Waals surface area contributed by atoms with Crippen molar-refractivity contribution in [1.29, 1.82) is 0 Å². The molecule has 1 aromatic heterocycles. The van der Waals surface area contributed by atoms with Crippen molar-refractivity contribution < 1.29 is 0 Å². The van der Waals surface area contributed by atoms with Crippen molar-refractivity contribution in [3.05, 3.63) is 30.1 Å². The van der Waals surface area contributed by atoms with Crippen LogP contribution in [-0.2, 0) is 0 Å². The van der Waals surface area contributed by atoms with Gasteiger partial charge in [-0.2, -0.15) is 0 Å². The summed E-state index contributed by atoms with van der Waals surface area (Å²) < 4.78 is 0. The smallest absolute Gasteiger partial charge is 0.0315 e. The normalized spacial score (nSPS) is 18.9. The SMILES string of the molecule is C[C@@H](NCC1CCC1)c1cccnc1. The summed E-state index contributed by atoms with van der Waals surface area (Å²) in [4.78, 5) is 4.13. The lowest BCUT2D eigenvalue weighted by molar-refractivity contribution is 0.292. The lowest BCUT2D eigenvalue weighted by Crippen LogP contribution is -2.29. The van der Waals surface area contributed by atoms with E-state index in [1.807, 2.05) is 18.5 Å². The molecule has 1 saturated carbocycles. The minimum atomic E-state index is 0.435. The van der Waals surface area contributed by atoms with E-state index >= 15 is 0 Å². The van der Waals surface area contributed by atoms with Crippen LogP contribution in [0.25, 0.3) is 0 Å². The van der Waals surface area contributed by atoms with Crippen LogP contribution in [0.2, 0.25) is 0 Å². The Kier molecular flexibility index (Phi) is 3.14. The fourth-order valence-electron chi connectivity index (χ4n) is 1.79. The van der Waals surface area contributed by atoms with Gasteiger partial charge in [-0.05, 0) is 43.9 Å². The second kappa shape index (κ2) is 4.56. The highest BCUT2D eigenvalue weighted by atomic mass is 14.9. The monoisotopic (exact) mass is 190 g/mol. The molecule has 0 aliphatic heterocycles. The van der Waals surface area contributed by atoms with Gasteiger partial charge in [0.15, 0.2) is 0 Å². The molecule has 0 unspecified atom stereocenters. The van der Waals surface area contributed by atoms with E-state index in [1.54, 1.807) is 0 Å². The Bertz CT molecular complexity index is 267. The molecule has 0 spiro atoms. The molecule has 1 aliphatic carbocycles. The summed E-state index contributed by atoms with van der Waals surface area (Å²) in [5.41, 5.74) is 1.28. The summed E-state index contributed by atoms with van der Waals surface area (Å²) >= 11 is 0. The summed E-state index contributed by atoms with van der Waals surface area (Å²) in [6.45, 7) is 3.37. The van der Waals surface area contributed by atoms with E-state index in [4.69, 9.17) is 0 Å². The predicted molar refractivity (Wildman–Crippen MR) is 58.0 cm³/mol. The quantitative estimate of drug-likeness (QED) is 0.789. The molecule has 1 N–H and O–H groups in total. The number of rotatable bonds is 4. The van der Waals surface area contributed by atoms with Crippen LogP contribution in [0.4, 0.5) is 0 Å². The topological polar surface area (TPSA) is 24.9 Å². The molecular weight excluding hydrogens is 172 g/mol.